The van der Waals surface area contributed by atoms with Crippen molar-refractivity contribution in [3.63, 3.8) is 0 Å². The molecule has 0 atom stereocenters. The third-order valence-electron chi connectivity index (χ3n) is 2.75. The molecule has 108 valence electrons. The first-order valence-electron chi connectivity index (χ1n) is 6.07. The average Bonchev–Trinajstić information content (AvgIpc) is 2.28. The fourth-order valence-corrected chi connectivity index (χ4v) is 3.89. The second-order valence-corrected chi connectivity index (χ2v) is 7.42. The van der Waals surface area contributed by atoms with Crippen molar-refractivity contribution in [1.29, 1.82) is 0 Å². The van der Waals surface area contributed by atoms with Crippen LogP contribution in [0.15, 0.2) is 23.1 Å². The van der Waals surface area contributed by atoms with Gasteiger partial charge in [-0.15, -0.1) is 0 Å². The number of sulfonamides is 1. The molecule has 0 fully saturated rings. The minimum absolute atomic E-state index is 0.0395. The predicted octanol–water partition coefficient (Wildman–Crippen LogP) is 2.43. The lowest BCUT2D eigenvalue weighted by atomic mass is 10.1. The molecule has 1 rings (SSSR count). The van der Waals surface area contributed by atoms with E-state index in [1.54, 1.807) is 39.8 Å². The maximum absolute atomic E-state index is 12.6. The van der Waals surface area contributed by atoms with Crippen molar-refractivity contribution < 1.29 is 13.5 Å². The van der Waals surface area contributed by atoms with E-state index < -0.39 is 15.6 Å². The molecule has 0 amide bonds. The van der Waals surface area contributed by atoms with Crippen LogP contribution in [0.1, 0.15) is 26.3 Å². The Labute approximate surface area is 120 Å². The largest absolute Gasteiger partial charge is 0.389 e. The Morgan fingerprint density at radius 2 is 1.95 bits per heavy atom. The lowest BCUT2D eigenvalue weighted by molar-refractivity contribution is 0.0601. The Balaban J connectivity index is 3.25. The van der Waals surface area contributed by atoms with Crippen molar-refractivity contribution in [3.05, 3.63) is 28.8 Å². The third kappa shape index (κ3) is 3.92. The van der Waals surface area contributed by atoms with E-state index in [0.717, 1.165) is 0 Å². The molecule has 1 aromatic rings. The van der Waals surface area contributed by atoms with E-state index in [1.807, 2.05) is 0 Å². The van der Waals surface area contributed by atoms with Crippen LogP contribution in [0.4, 0.5) is 0 Å². The summed E-state index contributed by atoms with van der Waals surface area (Å²) < 4.78 is 26.4. The Hall–Kier alpha value is -0.620. The van der Waals surface area contributed by atoms with Crippen molar-refractivity contribution in [2.75, 3.05) is 13.1 Å². The molecule has 0 saturated heterocycles. The van der Waals surface area contributed by atoms with Gasteiger partial charge in [-0.3, -0.25) is 0 Å². The summed E-state index contributed by atoms with van der Waals surface area (Å²) in [5.74, 6) is 0. The Morgan fingerprint density at radius 1 is 1.37 bits per heavy atom. The summed E-state index contributed by atoms with van der Waals surface area (Å²) in [4.78, 5) is 0.186. The molecule has 0 radical (unpaired) electrons. The van der Waals surface area contributed by atoms with Crippen LogP contribution in [0, 0.1) is 6.92 Å². The number of hydrogen-bond donors (Lipinski definition) is 1. The van der Waals surface area contributed by atoms with Crippen LogP contribution in [0.25, 0.3) is 0 Å². The monoisotopic (exact) mass is 305 g/mol. The molecule has 4 nitrogen and oxygen atoms in total. The van der Waals surface area contributed by atoms with Gasteiger partial charge in [0.2, 0.25) is 10.0 Å². The zero-order valence-electron chi connectivity index (χ0n) is 11.6. The van der Waals surface area contributed by atoms with E-state index in [9.17, 15) is 13.5 Å². The first-order chi connectivity index (χ1) is 8.59. The molecule has 1 aromatic carbocycles. The van der Waals surface area contributed by atoms with Crippen LogP contribution < -0.4 is 0 Å². The van der Waals surface area contributed by atoms with Crippen LogP contribution in [-0.4, -0.2) is 36.5 Å². The van der Waals surface area contributed by atoms with Crippen molar-refractivity contribution in [2.45, 2.75) is 38.2 Å². The number of halogens is 1. The second kappa shape index (κ2) is 5.79. The highest BCUT2D eigenvalue weighted by Gasteiger charge is 2.29. The molecule has 6 heteroatoms. The van der Waals surface area contributed by atoms with Crippen LogP contribution in [0.3, 0.4) is 0 Å². The van der Waals surface area contributed by atoms with Gasteiger partial charge in [-0.05, 0) is 38.5 Å². The van der Waals surface area contributed by atoms with Gasteiger partial charge in [-0.2, -0.15) is 4.31 Å². The Bertz CT molecular complexity index is 549. The summed E-state index contributed by atoms with van der Waals surface area (Å²) in [6, 6.07) is 4.80. The molecule has 0 aliphatic carbocycles. The minimum atomic E-state index is -3.65. The van der Waals surface area contributed by atoms with E-state index in [4.69, 9.17) is 11.6 Å². The zero-order valence-corrected chi connectivity index (χ0v) is 13.2. The van der Waals surface area contributed by atoms with Crippen molar-refractivity contribution in [1.82, 2.24) is 4.31 Å². The third-order valence-corrected chi connectivity index (χ3v) is 5.23. The number of aliphatic hydroxyl groups is 1. The number of hydrogen-bond acceptors (Lipinski definition) is 3. The van der Waals surface area contributed by atoms with Crippen LogP contribution in [0.2, 0.25) is 5.02 Å². The minimum Gasteiger partial charge on any atom is -0.389 e. The summed E-state index contributed by atoms with van der Waals surface area (Å²) in [5, 5.41) is 10.2. The number of nitrogens with zero attached hydrogens (tertiary/aromatic N) is 1. The molecule has 0 heterocycles. The van der Waals surface area contributed by atoms with Gasteiger partial charge in [0.05, 0.1) is 10.5 Å². The van der Waals surface area contributed by atoms with Crippen LogP contribution >= 0.6 is 11.6 Å². The molecule has 1 N–H and O–H groups in total. The first kappa shape index (κ1) is 16.4. The molecular weight excluding hydrogens is 286 g/mol. The summed E-state index contributed by atoms with van der Waals surface area (Å²) >= 11 is 5.97. The molecule has 19 heavy (non-hydrogen) atoms. The fourth-order valence-electron chi connectivity index (χ4n) is 1.80. The molecule has 0 aliphatic rings. The molecule has 0 unspecified atom stereocenters. The lowest BCUT2D eigenvalue weighted by Gasteiger charge is -2.28. The van der Waals surface area contributed by atoms with Crippen molar-refractivity contribution >= 4 is 21.6 Å². The van der Waals surface area contributed by atoms with Gasteiger partial charge in [0.1, 0.15) is 0 Å². The highest BCUT2D eigenvalue weighted by molar-refractivity contribution is 7.89. The predicted molar refractivity (Wildman–Crippen MR) is 76.9 cm³/mol. The van der Waals surface area contributed by atoms with E-state index in [0.29, 0.717) is 10.6 Å². The summed E-state index contributed by atoms with van der Waals surface area (Å²) in [6.07, 6.45) is 0. The van der Waals surface area contributed by atoms with Gasteiger partial charge in [0, 0.05) is 18.1 Å². The molecule has 0 spiro atoms. The Morgan fingerprint density at radius 3 is 2.42 bits per heavy atom. The highest BCUT2D eigenvalue weighted by Crippen LogP contribution is 2.26. The quantitative estimate of drug-likeness (QED) is 0.909. The number of likely N-dealkylation sites (N-methyl/N-ethyl adjacent to an activating group) is 1. The first-order valence-corrected chi connectivity index (χ1v) is 7.89. The lowest BCUT2D eigenvalue weighted by Crippen LogP contribution is -2.42. The van der Waals surface area contributed by atoms with Gasteiger partial charge in [0.25, 0.3) is 0 Å². The fraction of sp³-hybridized carbons (Fsp3) is 0.538. The van der Waals surface area contributed by atoms with Gasteiger partial charge in [-0.1, -0.05) is 24.6 Å². The Kier molecular flexibility index (Phi) is 5.01. The maximum Gasteiger partial charge on any atom is 0.243 e. The molecule has 0 saturated carbocycles. The van der Waals surface area contributed by atoms with E-state index in [1.165, 1.54) is 10.4 Å². The van der Waals surface area contributed by atoms with E-state index in [-0.39, 0.29) is 18.0 Å². The number of rotatable bonds is 5. The molecule has 0 aliphatic heterocycles. The SMILES string of the molecule is CCN(CC(C)(C)O)S(=O)(=O)c1cccc(Cl)c1C. The smallest absolute Gasteiger partial charge is 0.243 e. The zero-order chi connectivity index (χ0) is 14.8. The normalized spacial score (nSPS) is 13.0. The summed E-state index contributed by atoms with van der Waals surface area (Å²) in [5.41, 5.74) is -0.561. The van der Waals surface area contributed by atoms with Gasteiger partial charge in [-0.25, -0.2) is 8.42 Å². The average molecular weight is 306 g/mol. The summed E-state index contributed by atoms with van der Waals surface area (Å²) in [7, 11) is -3.65. The van der Waals surface area contributed by atoms with Gasteiger partial charge < -0.3 is 5.11 Å². The topological polar surface area (TPSA) is 57.6 Å². The van der Waals surface area contributed by atoms with E-state index in [2.05, 4.69) is 0 Å². The highest BCUT2D eigenvalue weighted by atomic mass is 35.5. The van der Waals surface area contributed by atoms with Crippen LogP contribution in [-0.2, 0) is 10.0 Å². The van der Waals surface area contributed by atoms with Crippen molar-refractivity contribution in [2.24, 2.45) is 0 Å². The maximum atomic E-state index is 12.6. The van der Waals surface area contributed by atoms with E-state index >= 15 is 0 Å². The molecule has 0 aromatic heterocycles. The van der Waals surface area contributed by atoms with Crippen molar-refractivity contribution in [3.8, 4) is 0 Å². The van der Waals surface area contributed by atoms with Gasteiger partial charge >= 0.3 is 0 Å². The number of benzene rings is 1. The summed E-state index contributed by atoms with van der Waals surface area (Å²) in [6.45, 7) is 6.90. The van der Waals surface area contributed by atoms with Gasteiger partial charge in [0.15, 0.2) is 0 Å². The molecule has 0 bridgehead atoms. The standard InChI is InChI=1S/C13H20ClNO3S/c1-5-15(9-13(3,4)16)19(17,18)12-8-6-7-11(14)10(12)2/h6-8,16H,5,9H2,1-4H3. The molecular formula is C13H20ClNO3S. The second-order valence-electron chi connectivity index (χ2n) is 5.11. The van der Waals surface area contributed by atoms with Crippen LogP contribution in [0.5, 0.6) is 0 Å².